The highest BCUT2D eigenvalue weighted by molar-refractivity contribution is 6.33. The minimum absolute atomic E-state index is 0. The molecule has 0 saturated carbocycles. The number of hydrogen-bond donors (Lipinski definition) is 2. The molecule has 14 aromatic carbocycles. The Morgan fingerprint density at radius 1 is 0.257 bits per heavy atom. The molecule has 528 valence electrons. The van der Waals surface area contributed by atoms with Gasteiger partial charge < -0.3 is 19.0 Å². The van der Waals surface area contributed by atoms with E-state index in [-0.39, 0.29) is 12.7 Å². The molecule has 2 radical (unpaired) electrons. The van der Waals surface area contributed by atoms with E-state index >= 15 is 0 Å². The first kappa shape index (κ1) is 72.9. The summed E-state index contributed by atoms with van der Waals surface area (Å²) in [5.74, 6) is 2.93. The number of para-hydroxylation sites is 2. The highest BCUT2D eigenvalue weighted by Crippen LogP contribution is 2.40. The quantitative estimate of drug-likeness (QED) is 0.113. The van der Waals surface area contributed by atoms with E-state index in [4.69, 9.17) is 53.4 Å². The normalized spacial score (nSPS) is 11.2. The van der Waals surface area contributed by atoms with Crippen LogP contribution in [-0.4, -0.2) is 59.2 Å². The lowest BCUT2D eigenvalue weighted by atomic mass is 9.90. The maximum Gasteiger partial charge on any atom is 0.226 e. The third-order valence-corrected chi connectivity index (χ3v) is 19.4. The van der Waals surface area contributed by atoms with Crippen LogP contribution in [0.25, 0.3) is 168 Å². The van der Waals surface area contributed by atoms with Gasteiger partial charge in [0.1, 0.15) is 30.2 Å². The van der Waals surface area contributed by atoms with Gasteiger partial charge in [-0.2, -0.15) is 9.97 Å². The van der Waals surface area contributed by atoms with Gasteiger partial charge in [-0.1, -0.05) is 347 Å². The second-order valence-electron chi connectivity index (χ2n) is 27.2. The van der Waals surface area contributed by atoms with Gasteiger partial charge in [-0.25, -0.2) is 19.9 Å². The van der Waals surface area contributed by atoms with Crippen LogP contribution in [0.5, 0.6) is 0 Å². The van der Waals surface area contributed by atoms with Crippen molar-refractivity contribution in [3.05, 3.63) is 357 Å². The zero-order valence-corrected chi connectivity index (χ0v) is 60.6. The van der Waals surface area contributed by atoms with E-state index < -0.39 is 11.2 Å². The van der Waals surface area contributed by atoms with E-state index in [1.165, 1.54) is 22.3 Å². The average molecular weight is 1440 g/mol. The van der Waals surface area contributed by atoms with Gasteiger partial charge in [0, 0.05) is 60.5 Å². The Morgan fingerprint density at radius 3 is 0.817 bits per heavy atom. The molecule has 18 aromatic rings. The maximum atomic E-state index is 9.10. The van der Waals surface area contributed by atoms with Crippen LogP contribution in [0.15, 0.2) is 361 Å². The minimum atomic E-state index is -1.01. The number of nitrogens with zero attached hydrogens (tertiary/aromatic N) is 6. The molecule has 109 heavy (non-hydrogen) atoms. The van der Waals surface area contributed by atoms with Crippen molar-refractivity contribution in [1.82, 2.24) is 29.9 Å². The summed E-state index contributed by atoms with van der Waals surface area (Å²) in [6, 6.07) is 120. The van der Waals surface area contributed by atoms with Crippen LogP contribution in [0, 0.1) is 0 Å². The summed E-state index contributed by atoms with van der Waals surface area (Å²) < 4.78 is 12.6. The number of fused-ring (bicyclic) bond motifs is 6. The van der Waals surface area contributed by atoms with Crippen molar-refractivity contribution in [2.24, 2.45) is 0 Å². The Hall–Kier alpha value is -13.0. The Bertz CT molecular complexity index is 5890. The lowest BCUT2D eigenvalue weighted by molar-refractivity contribution is -0.107. The van der Waals surface area contributed by atoms with E-state index in [1.54, 1.807) is 27.7 Å². The van der Waals surface area contributed by atoms with Gasteiger partial charge in [0.2, 0.25) is 5.28 Å². The number of furan rings is 2. The SMILES string of the molecule is C.CC(C)(O)C(C)(C)O.Clc1nc(-c2ccc(-c3ccccc3)cc2)nc(-c2ccc(-c3ccccc3)cc2)n1.[B]c1ccc2c(c1)oc1c(-c3ccccc3)cccc12.c1ccc(-c2ccc(-c3nc(-c4ccc(-c5ccccc5)cc4)nc(-c4ccc5c(c4)oc4c(-c6ccccc6)cccc45)n3)cc2)cc1. The van der Waals surface area contributed by atoms with Crippen molar-refractivity contribution in [3.8, 4) is 124 Å². The number of rotatable bonds is 12. The summed E-state index contributed by atoms with van der Waals surface area (Å²) in [5.41, 5.74) is 20.3. The van der Waals surface area contributed by atoms with Gasteiger partial charge in [-0.15, -0.1) is 0 Å². The number of halogens is 1. The van der Waals surface area contributed by atoms with Gasteiger partial charge in [0.15, 0.2) is 29.1 Å². The van der Waals surface area contributed by atoms with Gasteiger partial charge >= 0.3 is 0 Å². The first-order chi connectivity index (χ1) is 52.6. The van der Waals surface area contributed by atoms with E-state index in [1.807, 2.05) is 121 Å². The van der Waals surface area contributed by atoms with E-state index in [0.717, 1.165) is 122 Å². The second-order valence-corrected chi connectivity index (χ2v) is 27.6. The molecule has 0 unspecified atom stereocenters. The molecule has 4 heterocycles. The topological polar surface area (TPSA) is 144 Å². The largest absolute Gasteiger partial charge is 0.455 e. The minimum Gasteiger partial charge on any atom is -0.455 e. The van der Waals surface area contributed by atoms with Crippen molar-refractivity contribution < 1.29 is 19.0 Å². The molecular weight excluding hydrogens is 1360 g/mol. The molecule has 0 saturated heterocycles. The predicted octanol–water partition coefficient (Wildman–Crippen LogP) is 24.2. The highest BCUT2D eigenvalue weighted by Gasteiger charge is 2.32. The molecule has 4 aromatic heterocycles. The zero-order chi connectivity index (χ0) is 74.1. The van der Waals surface area contributed by atoms with Crippen LogP contribution in [0.4, 0.5) is 0 Å². The van der Waals surface area contributed by atoms with Crippen LogP contribution in [-0.2, 0) is 0 Å². The Labute approximate surface area is 640 Å². The molecular formula is C97H76BClN6O4. The lowest BCUT2D eigenvalue weighted by Gasteiger charge is -2.31. The zero-order valence-electron chi connectivity index (χ0n) is 59.8. The van der Waals surface area contributed by atoms with Crippen molar-refractivity contribution >= 4 is 68.8 Å². The van der Waals surface area contributed by atoms with Crippen LogP contribution in [0.3, 0.4) is 0 Å². The fraction of sp³-hybridized carbons (Fsp3) is 0.0722. The fourth-order valence-electron chi connectivity index (χ4n) is 12.6. The van der Waals surface area contributed by atoms with Crippen LogP contribution >= 0.6 is 11.6 Å². The molecule has 0 bridgehead atoms. The molecule has 2 N–H and O–H groups in total. The standard InChI is InChI=1S/C45H29N3O.C27H18ClN3.C18H11BO.C6H14O2.CH4/c1-4-11-30(12-5-1)32-19-23-35(24-20-32)43-46-44(36-25-21-33(22-26-36)31-13-6-2-7-14-31)48-45(47-43)37-27-28-39-40-18-10-17-38(34-15-8-3-9-16-34)42(40)49-41(39)29-37;28-27-30-25(23-15-11-21(12-16-23)19-7-3-1-4-8-19)29-26(31-27)24-17-13-22(14-18-24)20-9-5-2-6-10-20;19-13-9-10-15-16-8-4-7-14(12-5-2-1-3-6-12)18(16)20-17(15)11-13;1-5(2,7)6(3,4)8;/h1-29H;1-18H;1-11H;7-8H,1-4H3;1H4. The van der Waals surface area contributed by atoms with Crippen LogP contribution in [0.2, 0.25) is 5.28 Å². The average Bonchev–Trinajstić information content (AvgIpc) is 1.62. The monoisotopic (exact) mass is 1430 g/mol. The molecule has 0 aliphatic carbocycles. The molecule has 0 amide bonds. The first-order valence-corrected chi connectivity index (χ1v) is 36.0. The van der Waals surface area contributed by atoms with Gasteiger partial charge in [0.05, 0.1) is 11.2 Å². The number of aliphatic hydroxyl groups is 2. The summed E-state index contributed by atoms with van der Waals surface area (Å²) >= 11 is 6.24. The van der Waals surface area contributed by atoms with Gasteiger partial charge in [-0.05, 0) is 113 Å². The smallest absolute Gasteiger partial charge is 0.226 e. The third kappa shape index (κ3) is 16.7. The maximum absolute atomic E-state index is 9.10. The summed E-state index contributed by atoms with van der Waals surface area (Å²) in [7, 11) is 5.83. The Balaban J connectivity index is 0.000000140. The molecule has 0 atom stereocenters. The third-order valence-electron chi connectivity index (χ3n) is 19.2. The summed E-state index contributed by atoms with van der Waals surface area (Å²) in [6.45, 7) is 6.31. The fourth-order valence-corrected chi connectivity index (χ4v) is 12.7. The highest BCUT2D eigenvalue weighted by atomic mass is 35.5. The van der Waals surface area contributed by atoms with Crippen molar-refractivity contribution in [2.45, 2.75) is 46.3 Å². The predicted molar refractivity (Wildman–Crippen MR) is 450 cm³/mol. The van der Waals surface area contributed by atoms with Gasteiger partial charge in [0.25, 0.3) is 0 Å². The van der Waals surface area contributed by atoms with E-state index in [0.29, 0.717) is 29.1 Å². The molecule has 0 aliphatic rings. The molecule has 18 rings (SSSR count). The Morgan fingerprint density at radius 2 is 0.505 bits per heavy atom. The summed E-state index contributed by atoms with van der Waals surface area (Å²) in [4.78, 5) is 28.4. The van der Waals surface area contributed by atoms with Crippen molar-refractivity contribution in [1.29, 1.82) is 0 Å². The van der Waals surface area contributed by atoms with E-state index in [2.05, 4.69) is 245 Å². The number of aromatic nitrogens is 6. The number of hydrogen-bond acceptors (Lipinski definition) is 10. The molecule has 0 spiro atoms. The lowest BCUT2D eigenvalue weighted by Crippen LogP contribution is -2.44. The van der Waals surface area contributed by atoms with Crippen LogP contribution < -0.4 is 5.46 Å². The Kier molecular flexibility index (Phi) is 21.6. The van der Waals surface area contributed by atoms with Crippen molar-refractivity contribution in [3.63, 3.8) is 0 Å². The molecule has 0 aliphatic heterocycles. The molecule has 0 fully saturated rings. The molecule has 12 heteroatoms. The molecule has 10 nitrogen and oxygen atoms in total. The van der Waals surface area contributed by atoms with Gasteiger partial charge in [-0.3, -0.25) is 0 Å². The first-order valence-electron chi connectivity index (χ1n) is 35.6. The van der Waals surface area contributed by atoms with E-state index in [9.17, 15) is 0 Å². The van der Waals surface area contributed by atoms with Crippen LogP contribution in [0.1, 0.15) is 35.1 Å². The van der Waals surface area contributed by atoms with Crippen molar-refractivity contribution in [2.75, 3.05) is 0 Å². The number of benzene rings is 14. The summed E-state index contributed by atoms with van der Waals surface area (Å²) in [6.07, 6.45) is 0. The second kappa shape index (κ2) is 32.4. The summed E-state index contributed by atoms with van der Waals surface area (Å²) in [5, 5.41) is 22.8.